The number of benzene rings is 2. The van der Waals surface area contributed by atoms with E-state index in [1.807, 2.05) is 0 Å². The van der Waals surface area contributed by atoms with E-state index in [0.29, 0.717) is 11.8 Å². The first-order valence-electron chi connectivity index (χ1n) is 9.78. The number of nitrogens with zero attached hydrogens (tertiary/aromatic N) is 5. The van der Waals surface area contributed by atoms with E-state index < -0.39 is 47.6 Å². The van der Waals surface area contributed by atoms with Crippen molar-refractivity contribution in [3.05, 3.63) is 68.3 Å². The number of anilines is 2. The van der Waals surface area contributed by atoms with E-state index in [2.05, 4.69) is 48.3 Å². The van der Waals surface area contributed by atoms with Gasteiger partial charge in [0.2, 0.25) is 0 Å². The van der Waals surface area contributed by atoms with Crippen molar-refractivity contribution >= 4 is 74.7 Å². The first kappa shape index (κ1) is 28.5. The van der Waals surface area contributed by atoms with E-state index in [1.54, 1.807) is 24.3 Å². The standard InChI is InChI=1S/C21H11F6IN7O.Mg.H/c22-20(23,24)14-7-13(4-1-10(14)9-29)30-17-15-8-16(21(25,26)27)34-35(15)18(32-17)33-19(36)31-12-5-2-11(28)3-6-12;;/h1-7H,8H2,(H2,30,31,32,33,36);;/q-1;+2;-1. The molecule has 4 rings (SSSR count). The number of nitriles is 1. The maximum atomic E-state index is 13.3. The van der Waals surface area contributed by atoms with Crippen molar-refractivity contribution in [3.63, 3.8) is 0 Å². The summed E-state index contributed by atoms with van der Waals surface area (Å²) in [6.07, 6.45) is -10.4. The average molecular weight is 644 g/mol. The molecule has 188 valence electrons. The van der Waals surface area contributed by atoms with Gasteiger partial charge in [-0.2, -0.15) is 31.6 Å². The number of aromatic nitrogens is 2. The summed E-state index contributed by atoms with van der Waals surface area (Å²) < 4.78 is 81.4. The second kappa shape index (κ2) is 10.7. The number of fused-ring (bicyclic) bond motifs is 1. The minimum atomic E-state index is -4.86. The summed E-state index contributed by atoms with van der Waals surface area (Å²) in [4.78, 5) is 20.3. The summed E-state index contributed by atoms with van der Waals surface area (Å²) in [5.41, 5.74) is -3.59. The molecule has 0 aliphatic carbocycles. The fraction of sp³-hybridized carbons (Fsp3) is 0.143. The van der Waals surface area contributed by atoms with E-state index in [1.165, 1.54) is 6.07 Å². The third kappa shape index (κ3) is 6.45. The van der Waals surface area contributed by atoms with Crippen LogP contribution in [0, 0.1) is 14.9 Å². The molecule has 37 heavy (non-hydrogen) atoms. The largest absolute Gasteiger partial charge is 2.00 e. The molecule has 8 nitrogen and oxygen atoms in total. The third-order valence-electron chi connectivity index (χ3n) is 4.80. The van der Waals surface area contributed by atoms with Crippen molar-refractivity contribution in [2.75, 3.05) is 10.6 Å². The van der Waals surface area contributed by atoms with Gasteiger partial charge in [-0.15, -0.1) is 0 Å². The SMILES string of the molecule is N#Cc1ccc(N=c2nc(NC(=O)Nc3ccc(I)cc3)n3[c-]2CC(C(F)(F)F)=N3)cc1C(F)(F)F.[H-].[Mg+2]. The Morgan fingerprint density at radius 2 is 1.78 bits per heavy atom. The van der Waals surface area contributed by atoms with E-state index >= 15 is 0 Å². The fourth-order valence-electron chi connectivity index (χ4n) is 3.19. The maximum Gasteiger partial charge on any atom is 2.00 e. The summed E-state index contributed by atoms with van der Waals surface area (Å²) in [6.45, 7) is 0. The van der Waals surface area contributed by atoms with Gasteiger partial charge >= 0.3 is 41.4 Å². The number of carbonyl (C=O) groups excluding carboxylic acids is 1. The Hall–Kier alpha value is -3.04. The van der Waals surface area contributed by atoms with Crippen LogP contribution in [0.1, 0.15) is 18.2 Å². The zero-order valence-electron chi connectivity index (χ0n) is 19.2. The van der Waals surface area contributed by atoms with Crippen molar-refractivity contribution in [1.29, 1.82) is 5.26 Å². The van der Waals surface area contributed by atoms with Crippen molar-refractivity contribution < 1.29 is 32.6 Å². The number of hydrogen-bond donors (Lipinski definition) is 2. The molecule has 0 atom stereocenters. The van der Waals surface area contributed by atoms with Gasteiger partial charge in [-0.25, -0.2) is 14.9 Å². The number of carbonyl (C=O) groups is 1. The number of hydrogen-bond acceptors (Lipinski definition) is 5. The van der Waals surface area contributed by atoms with E-state index in [9.17, 15) is 31.1 Å². The molecule has 2 heterocycles. The number of rotatable bonds is 3. The topological polar surface area (TPSA) is 107 Å². The monoisotopic (exact) mass is 643 g/mol. The van der Waals surface area contributed by atoms with Gasteiger partial charge in [0, 0.05) is 9.26 Å². The Bertz CT molecular complexity index is 1490. The summed E-state index contributed by atoms with van der Waals surface area (Å²) in [5.74, 6) is -0.421. The first-order valence-corrected chi connectivity index (χ1v) is 10.9. The van der Waals surface area contributed by atoms with Crippen LogP contribution in [-0.2, 0) is 12.6 Å². The molecule has 0 unspecified atom stereocenters. The zero-order valence-corrected chi connectivity index (χ0v) is 21.8. The molecule has 1 aliphatic heterocycles. The second-order valence-electron chi connectivity index (χ2n) is 7.28. The molecule has 1 aromatic heterocycles. The van der Waals surface area contributed by atoms with Gasteiger partial charge in [0.25, 0.3) is 0 Å². The quantitative estimate of drug-likeness (QED) is 0.181. The Morgan fingerprint density at radius 1 is 1.11 bits per heavy atom. The molecule has 0 saturated carbocycles. The molecule has 2 N–H and O–H groups in total. The van der Waals surface area contributed by atoms with E-state index in [-0.39, 0.29) is 41.3 Å². The van der Waals surface area contributed by atoms with Crippen LogP contribution in [0.2, 0.25) is 0 Å². The van der Waals surface area contributed by atoms with Crippen molar-refractivity contribution in [1.82, 2.24) is 9.66 Å². The summed E-state index contributed by atoms with van der Waals surface area (Å²) >= 11 is 2.06. The molecule has 0 fully saturated rings. The van der Waals surface area contributed by atoms with Gasteiger partial charge in [-0.1, -0.05) is 5.69 Å². The van der Waals surface area contributed by atoms with Gasteiger partial charge in [0.1, 0.15) is 5.71 Å². The second-order valence-corrected chi connectivity index (χ2v) is 8.52. The van der Waals surface area contributed by atoms with Crippen LogP contribution in [0.4, 0.5) is 48.5 Å². The van der Waals surface area contributed by atoms with Gasteiger partial charge in [-0.3, -0.25) is 0 Å². The molecule has 2 aromatic carbocycles. The van der Waals surface area contributed by atoms with E-state index in [0.717, 1.165) is 20.4 Å². The normalized spacial score (nSPS) is 13.4. The summed E-state index contributed by atoms with van der Waals surface area (Å²) in [6, 6.07) is 9.78. The molecule has 16 heteroatoms. The molecule has 3 aromatic rings. The van der Waals surface area contributed by atoms with Gasteiger partial charge < -0.3 is 21.7 Å². The summed E-state index contributed by atoms with van der Waals surface area (Å²) in [7, 11) is 0. The molecule has 0 radical (unpaired) electrons. The third-order valence-corrected chi connectivity index (χ3v) is 5.52. The van der Waals surface area contributed by atoms with E-state index in [4.69, 9.17) is 5.26 Å². The smallest absolute Gasteiger partial charge is 1.00 e. The van der Waals surface area contributed by atoms with Crippen LogP contribution in [-0.4, -0.2) is 50.6 Å². The minimum Gasteiger partial charge on any atom is -1.00 e. The van der Waals surface area contributed by atoms with Crippen LogP contribution in [0.5, 0.6) is 0 Å². The number of nitrogens with one attached hydrogen (secondary N) is 2. The predicted octanol–water partition coefficient (Wildman–Crippen LogP) is 5.03. The Morgan fingerprint density at radius 3 is 2.38 bits per heavy atom. The molecule has 0 saturated heterocycles. The number of urea groups is 1. The zero-order chi connectivity index (χ0) is 26.3. The molecule has 2 amide bonds. The van der Waals surface area contributed by atoms with Crippen molar-refractivity contribution in [2.45, 2.75) is 18.8 Å². The molecule has 1 aliphatic rings. The van der Waals surface area contributed by atoms with Crippen LogP contribution >= 0.6 is 22.6 Å². The Balaban J connectivity index is 0.00000253. The number of halogens is 7. The molecular weight excluding hydrogens is 631 g/mol. The van der Waals surface area contributed by atoms with Crippen LogP contribution in [0.3, 0.4) is 0 Å². The first-order chi connectivity index (χ1) is 16.8. The average Bonchev–Trinajstić information content (AvgIpc) is 3.36. The maximum absolute atomic E-state index is 13.3. The van der Waals surface area contributed by atoms with Crippen LogP contribution in [0.15, 0.2) is 52.6 Å². The van der Waals surface area contributed by atoms with Crippen molar-refractivity contribution in [3.8, 4) is 6.07 Å². The minimum absolute atomic E-state index is 0. The Kier molecular flexibility index (Phi) is 8.29. The summed E-state index contributed by atoms with van der Waals surface area (Å²) in [5, 5.41) is 17.2. The van der Waals surface area contributed by atoms with Crippen molar-refractivity contribution in [2.24, 2.45) is 10.1 Å². The fourth-order valence-corrected chi connectivity index (χ4v) is 3.55. The van der Waals surface area contributed by atoms with Gasteiger partial charge in [0.15, 0.2) is 0 Å². The predicted molar refractivity (Wildman–Crippen MR) is 130 cm³/mol. The molecular formula is C21H12F6IMgN7O. The van der Waals surface area contributed by atoms with Crippen LogP contribution < -0.4 is 16.1 Å². The number of alkyl halides is 6. The number of imidazole rings is 1. The number of amides is 2. The van der Waals surface area contributed by atoms with Gasteiger partial charge in [0.05, 0.1) is 34.3 Å². The molecule has 0 bridgehead atoms. The molecule has 0 spiro atoms. The van der Waals surface area contributed by atoms with Crippen LogP contribution in [0.25, 0.3) is 0 Å². The van der Waals surface area contributed by atoms with Gasteiger partial charge in [-0.05, 0) is 71.5 Å². The Labute approximate surface area is 235 Å².